The minimum atomic E-state index is -0.221. The number of nitrogens with one attached hydrogen (secondary N) is 2. The molecule has 1 aromatic carbocycles. The standard InChI is InChI=1S/C18H21ClN4O2.ClH/c1-11-10-25-16(12-4-2-3-5-14(12)19)9-23(11)18(24)17-13-8-20-7-6-15(13)21-22-17;/h2-5,11,16,20H,6-10H2,1H3,(H,21,22);1H. The number of fused-ring (bicyclic) bond motifs is 1. The molecule has 1 fully saturated rings. The molecule has 1 amide bonds. The van der Waals surface area contributed by atoms with E-state index in [1.807, 2.05) is 36.1 Å². The number of halogens is 2. The number of ether oxygens (including phenoxy) is 1. The van der Waals surface area contributed by atoms with Crippen LogP contribution >= 0.6 is 24.0 Å². The first-order valence-corrected chi connectivity index (χ1v) is 8.96. The summed E-state index contributed by atoms with van der Waals surface area (Å²) in [7, 11) is 0. The molecule has 0 spiro atoms. The predicted molar refractivity (Wildman–Crippen MR) is 102 cm³/mol. The molecule has 2 unspecified atom stereocenters. The van der Waals surface area contributed by atoms with Crippen LogP contribution in [0, 0.1) is 0 Å². The van der Waals surface area contributed by atoms with E-state index in [1.165, 1.54) is 0 Å². The van der Waals surface area contributed by atoms with Crippen molar-refractivity contribution in [1.29, 1.82) is 0 Å². The summed E-state index contributed by atoms with van der Waals surface area (Å²) in [5.41, 5.74) is 3.49. The number of morpholine rings is 1. The van der Waals surface area contributed by atoms with Crippen LogP contribution in [-0.4, -0.2) is 46.7 Å². The molecule has 3 heterocycles. The molecule has 140 valence electrons. The van der Waals surface area contributed by atoms with E-state index in [1.54, 1.807) is 0 Å². The summed E-state index contributed by atoms with van der Waals surface area (Å²) in [5.74, 6) is -0.0472. The highest BCUT2D eigenvalue weighted by molar-refractivity contribution is 6.31. The molecule has 2 N–H and O–H groups in total. The normalized spacial score (nSPS) is 22.5. The third-order valence-corrected chi connectivity index (χ3v) is 5.30. The fraction of sp³-hybridized carbons (Fsp3) is 0.444. The number of nitrogens with zero attached hydrogens (tertiary/aromatic N) is 2. The lowest BCUT2D eigenvalue weighted by Gasteiger charge is -2.38. The third-order valence-electron chi connectivity index (χ3n) is 4.96. The molecule has 2 atom stereocenters. The minimum absolute atomic E-state index is 0. The summed E-state index contributed by atoms with van der Waals surface area (Å²) >= 11 is 6.31. The van der Waals surface area contributed by atoms with Crippen molar-refractivity contribution in [3.05, 3.63) is 51.8 Å². The van der Waals surface area contributed by atoms with Gasteiger partial charge in [-0.2, -0.15) is 5.10 Å². The Labute approximate surface area is 163 Å². The average molecular weight is 397 g/mol. The topological polar surface area (TPSA) is 70.2 Å². The van der Waals surface area contributed by atoms with Crippen LogP contribution in [0.2, 0.25) is 5.02 Å². The average Bonchev–Trinajstić information content (AvgIpc) is 3.06. The summed E-state index contributed by atoms with van der Waals surface area (Å²) in [6.07, 6.45) is 0.651. The smallest absolute Gasteiger partial charge is 0.275 e. The van der Waals surface area contributed by atoms with Gasteiger partial charge >= 0.3 is 0 Å². The predicted octanol–water partition coefficient (Wildman–Crippen LogP) is 2.73. The number of benzene rings is 1. The Morgan fingerprint density at radius 2 is 2.19 bits per heavy atom. The molecular formula is C18H22Cl2N4O2. The number of amides is 1. The van der Waals surface area contributed by atoms with Gasteiger partial charge in [0.05, 0.1) is 19.2 Å². The van der Waals surface area contributed by atoms with Gasteiger partial charge < -0.3 is 15.0 Å². The van der Waals surface area contributed by atoms with Gasteiger partial charge in [-0.15, -0.1) is 12.4 Å². The van der Waals surface area contributed by atoms with E-state index < -0.39 is 0 Å². The molecule has 0 aliphatic carbocycles. The largest absolute Gasteiger partial charge is 0.369 e. The van der Waals surface area contributed by atoms with Gasteiger partial charge in [-0.1, -0.05) is 29.8 Å². The highest BCUT2D eigenvalue weighted by Gasteiger charge is 2.34. The molecule has 0 radical (unpaired) electrons. The molecule has 26 heavy (non-hydrogen) atoms. The quantitative estimate of drug-likeness (QED) is 0.818. The first-order valence-electron chi connectivity index (χ1n) is 8.59. The van der Waals surface area contributed by atoms with Crippen LogP contribution in [0.3, 0.4) is 0 Å². The summed E-state index contributed by atoms with van der Waals surface area (Å²) in [6.45, 7) is 4.54. The number of hydrogen-bond acceptors (Lipinski definition) is 4. The molecule has 0 bridgehead atoms. The lowest BCUT2D eigenvalue weighted by molar-refractivity contribution is -0.0488. The van der Waals surface area contributed by atoms with Gasteiger partial charge in [0, 0.05) is 41.4 Å². The van der Waals surface area contributed by atoms with Crippen LogP contribution in [0.25, 0.3) is 0 Å². The van der Waals surface area contributed by atoms with E-state index in [0.717, 1.165) is 29.8 Å². The Hall–Kier alpha value is -1.60. The van der Waals surface area contributed by atoms with E-state index in [-0.39, 0.29) is 30.5 Å². The molecule has 8 heteroatoms. The van der Waals surface area contributed by atoms with Crippen LogP contribution in [0.4, 0.5) is 0 Å². The maximum atomic E-state index is 13.1. The lowest BCUT2D eigenvalue weighted by Crippen LogP contribution is -2.48. The van der Waals surface area contributed by atoms with Crippen molar-refractivity contribution in [2.75, 3.05) is 19.7 Å². The Kier molecular flexibility index (Phi) is 5.87. The SMILES string of the molecule is CC1COC(c2ccccc2Cl)CN1C(=O)c1n[nH]c2c1CNCC2.Cl. The Bertz CT molecular complexity index is 795. The lowest BCUT2D eigenvalue weighted by atomic mass is 10.0. The van der Waals surface area contributed by atoms with Crippen molar-refractivity contribution in [2.24, 2.45) is 0 Å². The highest BCUT2D eigenvalue weighted by Crippen LogP contribution is 2.31. The van der Waals surface area contributed by atoms with Crippen LogP contribution < -0.4 is 5.32 Å². The van der Waals surface area contributed by atoms with Crippen LogP contribution in [0.1, 0.15) is 40.3 Å². The van der Waals surface area contributed by atoms with Gasteiger partial charge in [0.15, 0.2) is 5.69 Å². The first-order chi connectivity index (χ1) is 12.1. The Morgan fingerprint density at radius 3 is 3.00 bits per heavy atom. The zero-order chi connectivity index (χ0) is 17.4. The van der Waals surface area contributed by atoms with Gasteiger partial charge in [-0.3, -0.25) is 9.89 Å². The van der Waals surface area contributed by atoms with E-state index in [9.17, 15) is 4.79 Å². The second kappa shape index (κ2) is 7.96. The maximum Gasteiger partial charge on any atom is 0.275 e. The van der Waals surface area contributed by atoms with Crippen molar-refractivity contribution in [2.45, 2.75) is 32.0 Å². The van der Waals surface area contributed by atoms with Crippen LogP contribution in [0.5, 0.6) is 0 Å². The number of aromatic amines is 1. The molecule has 6 nitrogen and oxygen atoms in total. The van der Waals surface area contributed by atoms with E-state index in [0.29, 0.717) is 30.4 Å². The van der Waals surface area contributed by atoms with Gasteiger partial charge in [0.1, 0.15) is 6.10 Å². The highest BCUT2D eigenvalue weighted by atomic mass is 35.5. The van der Waals surface area contributed by atoms with Crippen molar-refractivity contribution in [1.82, 2.24) is 20.4 Å². The van der Waals surface area contributed by atoms with Gasteiger partial charge in [-0.05, 0) is 13.0 Å². The summed E-state index contributed by atoms with van der Waals surface area (Å²) in [6, 6.07) is 7.62. The summed E-state index contributed by atoms with van der Waals surface area (Å²) < 4.78 is 5.95. The molecule has 2 aliphatic rings. The number of hydrogen-bond donors (Lipinski definition) is 2. The van der Waals surface area contributed by atoms with Crippen molar-refractivity contribution in [3.63, 3.8) is 0 Å². The molecular weight excluding hydrogens is 375 g/mol. The van der Waals surface area contributed by atoms with E-state index in [4.69, 9.17) is 16.3 Å². The number of rotatable bonds is 2. The second-order valence-corrected chi connectivity index (χ2v) is 7.01. The van der Waals surface area contributed by atoms with E-state index in [2.05, 4.69) is 15.5 Å². The number of H-pyrrole nitrogens is 1. The van der Waals surface area contributed by atoms with Gasteiger partial charge in [0.2, 0.25) is 0 Å². The van der Waals surface area contributed by atoms with Gasteiger partial charge in [-0.25, -0.2) is 0 Å². The molecule has 2 aliphatic heterocycles. The minimum Gasteiger partial charge on any atom is -0.369 e. The fourth-order valence-electron chi connectivity index (χ4n) is 3.50. The molecule has 0 saturated carbocycles. The van der Waals surface area contributed by atoms with E-state index >= 15 is 0 Å². The summed E-state index contributed by atoms with van der Waals surface area (Å²) in [5, 5.41) is 11.3. The second-order valence-electron chi connectivity index (χ2n) is 6.61. The fourth-order valence-corrected chi connectivity index (χ4v) is 3.76. The molecule has 1 aromatic heterocycles. The Morgan fingerprint density at radius 1 is 1.38 bits per heavy atom. The zero-order valence-electron chi connectivity index (χ0n) is 14.5. The molecule has 1 saturated heterocycles. The maximum absolute atomic E-state index is 13.1. The van der Waals surface area contributed by atoms with Gasteiger partial charge in [0.25, 0.3) is 5.91 Å². The molecule has 2 aromatic rings. The monoisotopic (exact) mass is 396 g/mol. The molecule has 4 rings (SSSR count). The van der Waals surface area contributed by atoms with Crippen LogP contribution in [-0.2, 0) is 17.7 Å². The Balaban J connectivity index is 0.00000196. The summed E-state index contributed by atoms with van der Waals surface area (Å²) in [4.78, 5) is 15.0. The van der Waals surface area contributed by atoms with Crippen molar-refractivity contribution in [3.8, 4) is 0 Å². The van der Waals surface area contributed by atoms with Crippen molar-refractivity contribution >= 4 is 29.9 Å². The van der Waals surface area contributed by atoms with Crippen molar-refractivity contribution < 1.29 is 9.53 Å². The third kappa shape index (κ3) is 3.47. The zero-order valence-corrected chi connectivity index (χ0v) is 16.1. The first kappa shape index (κ1) is 19.2. The number of carbonyl (C=O) groups excluding carboxylic acids is 1. The number of aromatic nitrogens is 2. The van der Waals surface area contributed by atoms with Crippen LogP contribution in [0.15, 0.2) is 24.3 Å². The number of carbonyl (C=O) groups is 1.